The summed E-state index contributed by atoms with van der Waals surface area (Å²) in [5.41, 5.74) is 3.00. The van der Waals surface area contributed by atoms with Crippen LogP contribution in [0.3, 0.4) is 0 Å². The van der Waals surface area contributed by atoms with E-state index < -0.39 is 0 Å². The van der Waals surface area contributed by atoms with Gasteiger partial charge in [-0.25, -0.2) is 5.43 Å². The summed E-state index contributed by atoms with van der Waals surface area (Å²) < 4.78 is 0. The maximum atomic E-state index is 11.7. The molecule has 0 bridgehead atoms. The Morgan fingerprint density at radius 3 is 2.61 bits per heavy atom. The number of amides is 1. The number of thiophene rings is 1. The lowest BCUT2D eigenvalue weighted by Crippen LogP contribution is -2.17. The van der Waals surface area contributed by atoms with Gasteiger partial charge in [0.15, 0.2) is 0 Å². The summed E-state index contributed by atoms with van der Waals surface area (Å²) >= 11 is 7.36. The Bertz CT molecular complexity index is 575. The van der Waals surface area contributed by atoms with Crippen LogP contribution in [0, 0.1) is 6.92 Å². The Kier molecular flexibility index (Phi) is 4.12. The number of halogens is 1. The molecular formula is C13H11ClN2OS. The van der Waals surface area contributed by atoms with Gasteiger partial charge in [-0.05, 0) is 43.3 Å². The van der Waals surface area contributed by atoms with Gasteiger partial charge in [0.05, 0.1) is 6.21 Å². The first-order chi connectivity index (χ1) is 8.65. The number of carbonyl (C=O) groups excluding carboxylic acids is 1. The highest BCUT2D eigenvalue weighted by molar-refractivity contribution is 7.13. The summed E-state index contributed by atoms with van der Waals surface area (Å²) in [6.45, 7) is 2.02. The molecule has 0 radical (unpaired) electrons. The van der Waals surface area contributed by atoms with Crippen molar-refractivity contribution in [2.24, 2.45) is 5.10 Å². The minimum Gasteiger partial charge on any atom is -0.267 e. The second kappa shape index (κ2) is 5.80. The fraction of sp³-hybridized carbons (Fsp3) is 0.0769. The van der Waals surface area contributed by atoms with E-state index in [4.69, 9.17) is 11.6 Å². The Morgan fingerprint density at radius 2 is 2.00 bits per heavy atom. The molecule has 0 unspecified atom stereocenters. The van der Waals surface area contributed by atoms with Crippen molar-refractivity contribution >= 4 is 35.1 Å². The molecule has 0 atom stereocenters. The molecule has 1 amide bonds. The van der Waals surface area contributed by atoms with Crippen LogP contribution in [-0.2, 0) is 0 Å². The molecule has 3 nitrogen and oxygen atoms in total. The maximum absolute atomic E-state index is 11.7. The van der Waals surface area contributed by atoms with E-state index in [0.717, 1.165) is 4.88 Å². The number of benzene rings is 1. The summed E-state index contributed by atoms with van der Waals surface area (Å²) in [5.74, 6) is -0.254. The molecule has 2 aromatic rings. The van der Waals surface area contributed by atoms with Crippen molar-refractivity contribution in [2.45, 2.75) is 6.92 Å². The topological polar surface area (TPSA) is 41.5 Å². The van der Waals surface area contributed by atoms with E-state index in [9.17, 15) is 4.79 Å². The van der Waals surface area contributed by atoms with Crippen LogP contribution >= 0.6 is 22.9 Å². The second-order valence-electron chi connectivity index (χ2n) is 3.65. The van der Waals surface area contributed by atoms with Crippen molar-refractivity contribution in [2.75, 3.05) is 0 Å². The molecule has 0 spiro atoms. The lowest BCUT2D eigenvalue weighted by Gasteiger charge is -1.98. The van der Waals surface area contributed by atoms with Crippen molar-refractivity contribution in [3.8, 4) is 0 Å². The predicted molar refractivity (Wildman–Crippen MR) is 75.6 cm³/mol. The van der Waals surface area contributed by atoms with Crippen LogP contribution in [0.1, 0.15) is 20.1 Å². The molecule has 1 aromatic carbocycles. The van der Waals surface area contributed by atoms with Gasteiger partial charge in [-0.3, -0.25) is 4.79 Å². The molecular weight excluding hydrogens is 268 g/mol. The molecule has 0 aliphatic heterocycles. The minimum absolute atomic E-state index is 0.254. The van der Waals surface area contributed by atoms with Crippen molar-refractivity contribution in [3.63, 3.8) is 0 Å². The third kappa shape index (κ3) is 3.42. The van der Waals surface area contributed by atoms with Gasteiger partial charge in [0.25, 0.3) is 5.91 Å². The summed E-state index contributed by atoms with van der Waals surface area (Å²) in [4.78, 5) is 13.9. The number of rotatable bonds is 3. The average molecular weight is 279 g/mol. The van der Waals surface area contributed by atoms with Crippen LogP contribution < -0.4 is 5.43 Å². The zero-order valence-corrected chi connectivity index (χ0v) is 11.3. The van der Waals surface area contributed by atoms with Gasteiger partial charge in [0, 0.05) is 20.3 Å². The smallest absolute Gasteiger partial charge is 0.267 e. The second-order valence-corrected chi connectivity index (χ2v) is 5.41. The van der Waals surface area contributed by atoms with Gasteiger partial charge in [-0.15, -0.1) is 11.3 Å². The van der Waals surface area contributed by atoms with Crippen molar-refractivity contribution in [1.29, 1.82) is 0 Å². The third-order valence-corrected chi connectivity index (χ3v) is 3.41. The molecule has 0 aliphatic rings. The quantitative estimate of drug-likeness (QED) is 0.678. The van der Waals surface area contributed by atoms with Crippen LogP contribution in [0.5, 0.6) is 0 Å². The van der Waals surface area contributed by atoms with E-state index in [2.05, 4.69) is 10.5 Å². The van der Waals surface area contributed by atoms with Gasteiger partial charge < -0.3 is 0 Å². The van der Waals surface area contributed by atoms with Crippen LogP contribution in [0.25, 0.3) is 0 Å². The summed E-state index contributed by atoms with van der Waals surface area (Å²) in [7, 11) is 0. The Balaban J connectivity index is 1.96. The van der Waals surface area contributed by atoms with Crippen molar-refractivity contribution in [3.05, 3.63) is 56.7 Å². The summed E-state index contributed by atoms with van der Waals surface area (Å²) in [6, 6.07) is 10.6. The van der Waals surface area contributed by atoms with Crippen molar-refractivity contribution < 1.29 is 4.79 Å². The Hall–Kier alpha value is -1.65. The zero-order valence-electron chi connectivity index (χ0n) is 9.68. The number of nitrogens with one attached hydrogen (secondary N) is 1. The molecule has 5 heteroatoms. The van der Waals surface area contributed by atoms with E-state index in [1.807, 2.05) is 19.1 Å². The SMILES string of the molecule is Cc1ccc(/C=N\NC(=O)c2ccc(Cl)cc2)s1. The highest BCUT2D eigenvalue weighted by Crippen LogP contribution is 2.12. The summed E-state index contributed by atoms with van der Waals surface area (Å²) in [5, 5.41) is 4.51. The Labute approximate surface area is 114 Å². The van der Waals surface area contributed by atoms with Gasteiger partial charge in [0.2, 0.25) is 0 Å². The van der Waals surface area contributed by atoms with E-state index in [-0.39, 0.29) is 5.91 Å². The molecule has 0 aliphatic carbocycles. The maximum Gasteiger partial charge on any atom is 0.271 e. The normalized spacial score (nSPS) is 10.8. The number of hydrazone groups is 1. The molecule has 0 saturated carbocycles. The first-order valence-electron chi connectivity index (χ1n) is 5.30. The number of nitrogens with zero attached hydrogens (tertiary/aromatic N) is 1. The molecule has 92 valence electrons. The zero-order chi connectivity index (χ0) is 13.0. The van der Waals surface area contributed by atoms with Gasteiger partial charge in [-0.2, -0.15) is 5.10 Å². The Morgan fingerprint density at radius 1 is 1.28 bits per heavy atom. The summed E-state index contributed by atoms with van der Waals surface area (Å²) in [6.07, 6.45) is 1.63. The molecule has 1 aromatic heterocycles. The van der Waals surface area contributed by atoms with Crippen LogP contribution in [0.15, 0.2) is 41.5 Å². The van der Waals surface area contributed by atoms with E-state index in [1.54, 1.807) is 41.8 Å². The largest absolute Gasteiger partial charge is 0.271 e. The molecule has 0 fully saturated rings. The first kappa shape index (κ1) is 12.8. The van der Waals surface area contributed by atoms with Crippen LogP contribution in [-0.4, -0.2) is 12.1 Å². The minimum atomic E-state index is -0.254. The van der Waals surface area contributed by atoms with E-state index in [1.165, 1.54) is 4.88 Å². The monoisotopic (exact) mass is 278 g/mol. The average Bonchev–Trinajstić information content (AvgIpc) is 2.76. The molecule has 1 N–H and O–H groups in total. The van der Waals surface area contributed by atoms with Crippen molar-refractivity contribution in [1.82, 2.24) is 5.43 Å². The van der Waals surface area contributed by atoms with Gasteiger partial charge in [0.1, 0.15) is 0 Å². The molecule has 2 rings (SSSR count). The molecule has 1 heterocycles. The number of carbonyl (C=O) groups is 1. The predicted octanol–water partition coefficient (Wildman–Crippen LogP) is 3.47. The lowest BCUT2D eigenvalue weighted by molar-refractivity contribution is 0.0955. The lowest BCUT2D eigenvalue weighted by atomic mass is 10.2. The number of hydrogen-bond donors (Lipinski definition) is 1. The highest BCUT2D eigenvalue weighted by Gasteiger charge is 2.02. The first-order valence-corrected chi connectivity index (χ1v) is 6.50. The van der Waals surface area contributed by atoms with Crippen LogP contribution in [0.2, 0.25) is 5.02 Å². The van der Waals surface area contributed by atoms with Crippen LogP contribution in [0.4, 0.5) is 0 Å². The van der Waals surface area contributed by atoms with Gasteiger partial charge in [-0.1, -0.05) is 11.6 Å². The fourth-order valence-corrected chi connectivity index (χ4v) is 2.22. The highest BCUT2D eigenvalue weighted by atomic mass is 35.5. The van der Waals surface area contributed by atoms with E-state index in [0.29, 0.717) is 10.6 Å². The number of hydrogen-bond acceptors (Lipinski definition) is 3. The van der Waals surface area contributed by atoms with Gasteiger partial charge >= 0.3 is 0 Å². The fourth-order valence-electron chi connectivity index (χ4n) is 1.34. The third-order valence-electron chi connectivity index (χ3n) is 2.23. The standard InChI is InChI=1S/C13H11ClN2OS/c1-9-2-7-12(18-9)8-15-16-13(17)10-3-5-11(14)6-4-10/h2-8H,1H3,(H,16,17)/b15-8-. The molecule has 0 saturated heterocycles. The van der Waals surface area contributed by atoms with E-state index >= 15 is 0 Å². The number of aryl methyl sites for hydroxylation is 1. The molecule has 18 heavy (non-hydrogen) atoms.